The van der Waals surface area contributed by atoms with E-state index in [1.54, 1.807) is 0 Å². The average molecular weight is 502 g/mol. The summed E-state index contributed by atoms with van der Waals surface area (Å²) >= 11 is 6.44. The number of ether oxygens (including phenoxy) is 2. The van der Waals surface area contributed by atoms with E-state index in [1.165, 1.54) is 0 Å². The third-order valence-electron chi connectivity index (χ3n) is 7.43. The van der Waals surface area contributed by atoms with Crippen LogP contribution in [-0.4, -0.2) is 48.4 Å². The van der Waals surface area contributed by atoms with Crippen LogP contribution in [0.25, 0.3) is 0 Å². The Morgan fingerprint density at radius 3 is 2.52 bits per heavy atom. The smallest absolute Gasteiger partial charge is 0.325 e. The van der Waals surface area contributed by atoms with E-state index >= 15 is 0 Å². The topological polar surface area (TPSA) is 103 Å². The second-order valence-corrected chi connectivity index (χ2v) is 17.2. The van der Waals surface area contributed by atoms with Gasteiger partial charge < -0.3 is 19.9 Å². The molecule has 0 amide bonds. The van der Waals surface area contributed by atoms with Gasteiger partial charge in [-0.25, -0.2) is 4.68 Å². The van der Waals surface area contributed by atoms with Crippen LogP contribution in [0.2, 0.25) is 30.7 Å². The number of aliphatic carboxylic acids is 1. The van der Waals surface area contributed by atoms with Gasteiger partial charge in [0.15, 0.2) is 6.79 Å². The molecular weight excluding hydrogens is 462 g/mol. The number of hydrogen-bond donors (Lipinski definition) is 2. The molecule has 188 valence electrons. The molecule has 1 aromatic heterocycles. The Labute approximate surface area is 203 Å². The second-order valence-electron chi connectivity index (χ2n) is 11.2. The lowest BCUT2D eigenvalue weighted by molar-refractivity contribution is -0.138. The van der Waals surface area contributed by atoms with E-state index in [9.17, 15) is 9.59 Å². The minimum atomic E-state index is -1.24. The zero-order valence-electron chi connectivity index (χ0n) is 21.2. The van der Waals surface area contributed by atoms with Crippen molar-refractivity contribution in [1.29, 1.82) is 0 Å². The molecule has 0 aromatic carbocycles. The number of aromatic nitrogens is 2. The highest BCUT2D eigenvalue weighted by Gasteiger charge is 2.44. The van der Waals surface area contributed by atoms with E-state index in [1.807, 2.05) is 0 Å². The van der Waals surface area contributed by atoms with Crippen LogP contribution >= 0.6 is 11.6 Å². The van der Waals surface area contributed by atoms with Crippen LogP contribution in [0.5, 0.6) is 5.88 Å². The number of carbonyl (C=O) groups is 1. The molecule has 0 saturated heterocycles. The van der Waals surface area contributed by atoms with Gasteiger partial charge in [0, 0.05) is 20.7 Å². The van der Waals surface area contributed by atoms with Crippen molar-refractivity contribution in [3.8, 4) is 5.88 Å². The molecule has 33 heavy (non-hydrogen) atoms. The maximum absolute atomic E-state index is 12.7. The number of hydrogen-bond acceptors (Lipinski definition) is 6. The maximum atomic E-state index is 12.7. The Balaban J connectivity index is 2.30. The molecule has 2 N–H and O–H groups in total. The van der Waals surface area contributed by atoms with Crippen LogP contribution < -0.4 is 15.6 Å². The monoisotopic (exact) mass is 501 g/mol. The molecule has 0 spiro atoms. The number of carboxylic acid groups (broad SMARTS) is 1. The molecule has 1 heterocycles. The minimum Gasteiger partial charge on any atom is -0.480 e. The molecule has 8 nitrogen and oxygen atoms in total. The van der Waals surface area contributed by atoms with Gasteiger partial charge in [-0.2, -0.15) is 0 Å². The molecule has 1 fully saturated rings. The lowest BCUT2D eigenvalue weighted by Crippen LogP contribution is -2.48. The number of anilines is 1. The van der Waals surface area contributed by atoms with E-state index in [4.69, 9.17) is 26.2 Å². The number of nitrogens with one attached hydrogen (secondary N) is 1. The molecule has 1 aliphatic carbocycles. The summed E-state index contributed by atoms with van der Waals surface area (Å²) in [7, 11) is -1.24. The summed E-state index contributed by atoms with van der Waals surface area (Å²) in [5.41, 5.74) is -0.180. The van der Waals surface area contributed by atoms with Crippen LogP contribution in [0.1, 0.15) is 41.0 Å². The predicted molar refractivity (Wildman–Crippen MR) is 134 cm³/mol. The summed E-state index contributed by atoms with van der Waals surface area (Å²) < 4.78 is 12.2. The van der Waals surface area contributed by atoms with Crippen LogP contribution in [0.15, 0.2) is 4.79 Å². The van der Waals surface area contributed by atoms with Crippen LogP contribution in [0, 0.1) is 23.2 Å². The standard InChI is InChI=1S/C23H40ClN3O5Si/c1-14-11-17(15(2)16(3)23(14,4)5)25-20-19(24)22(30)27(12-18(28)29)26-21(20)32-13-31-9-10-33(6,7)8/h14-17,25H,9-13H2,1-8H3,(H,28,29)/t14-,15+,16+,17+/m0/s1. The van der Waals surface area contributed by atoms with Gasteiger partial charge in [-0.3, -0.25) is 9.59 Å². The summed E-state index contributed by atoms with van der Waals surface area (Å²) in [5, 5.41) is 16.6. The molecule has 1 saturated carbocycles. The van der Waals surface area contributed by atoms with Crippen LogP contribution in [0.4, 0.5) is 5.69 Å². The van der Waals surface area contributed by atoms with E-state index < -0.39 is 26.1 Å². The molecule has 2 rings (SSSR count). The highest BCUT2D eigenvalue weighted by Crippen LogP contribution is 2.48. The van der Waals surface area contributed by atoms with Crippen molar-refractivity contribution in [1.82, 2.24) is 9.78 Å². The Kier molecular flexibility index (Phi) is 9.03. The lowest BCUT2D eigenvalue weighted by atomic mass is 9.58. The van der Waals surface area contributed by atoms with Gasteiger partial charge in [-0.05, 0) is 35.6 Å². The van der Waals surface area contributed by atoms with Crippen molar-refractivity contribution in [2.45, 2.75) is 79.3 Å². The number of halogens is 1. The highest BCUT2D eigenvalue weighted by molar-refractivity contribution is 6.76. The van der Waals surface area contributed by atoms with E-state index in [0.717, 1.165) is 17.1 Å². The molecule has 1 aliphatic rings. The first-order chi connectivity index (χ1) is 15.1. The van der Waals surface area contributed by atoms with E-state index in [0.29, 0.717) is 30.0 Å². The van der Waals surface area contributed by atoms with Gasteiger partial charge in [0.25, 0.3) is 11.4 Å². The van der Waals surface area contributed by atoms with E-state index in [2.05, 4.69) is 64.7 Å². The zero-order valence-corrected chi connectivity index (χ0v) is 23.0. The summed E-state index contributed by atoms with van der Waals surface area (Å²) in [6.45, 7) is 18.0. The van der Waals surface area contributed by atoms with Gasteiger partial charge >= 0.3 is 5.97 Å². The Bertz CT molecular complexity index is 899. The molecule has 1 aromatic rings. The summed E-state index contributed by atoms with van der Waals surface area (Å²) in [6.07, 6.45) is 0.902. The summed E-state index contributed by atoms with van der Waals surface area (Å²) in [4.78, 5) is 23.9. The largest absolute Gasteiger partial charge is 0.480 e. The minimum absolute atomic E-state index is 0.0617. The van der Waals surface area contributed by atoms with Crippen molar-refractivity contribution in [3.05, 3.63) is 15.4 Å². The summed E-state index contributed by atoms with van der Waals surface area (Å²) in [5.74, 6) is 0.0898. The zero-order chi connectivity index (χ0) is 25.1. The third-order valence-corrected chi connectivity index (χ3v) is 9.49. The predicted octanol–water partition coefficient (Wildman–Crippen LogP) is 4.79. The number of nitrogens with zero attached hydrogens (tertiary/aromatic N) is 2. The Morgan fingerprint density at radius 1 is 1.30 bits per heavy atom. The van der Waals surface area contributed by atoms with E-state index in [-0.39, 0.29) is 29.2 Å². The van der Waals surface area contributed by atoms with Crippen molar-refractivity contribution in [2.75, 3.05) is 18.7 Å². The van der Waals surface area contributed by atoms with Crippen molar-refractivity contribution in [3.63, 3.8) is 0 Å². The fourth-order valence-corrected chi connectivity index (χ4v) is 5.25. The van der Waals surface area contributed by atoms with Gasteiger partial charge in [0.05, 0.1) is 0 Å². The normalized spacial score (nSPS) is 25.0. The lowest BCUT2D eigenvalue weighted by Gasteiger charge is -2.50. The molecule has 4 atom stereocenters. The Morgan fingerprint density at radius 2 is 1.94 bits per heavy atom. The van der Waals surface area contributed by atoms with Crippen LogP contribution in [0.3, 0.4) is 0 Å². The first-order valence-corrected chi connectivity index (χ1v) is 15.7. The van der Waals surface area contributed by atoms with Crippen molar-refractivity contribution < 1.29 is 19.4 Å². The van der Waals surface area contributed by atoms with Gasteiger partial charge in [-0.1, -0.05) is 65.9 Å². The second kappa shape index (κ2) is 10.8. The fourth-order valence-electron chi connectivity index (χ4n) is 4.27. The van der Waals surface area contributed by atoms with Gasteiger partial charge in [-0.15, -0.1) is 5.10 Å². The maximum Gasteiger partial charge on any atom is 0.325 e. The SMILES string of the molecule is C[C@@H]1[C@@H](C)C(C)(C)[C@@H](C)C[C@H]1Nc1c(OCOCC[Si](C)(C)C)nn(CC(=O)O)c(=O)c1Cl. The first kappa shape index (κ1) is 27.7. The van der Waals surface area contributed by atoms with Crippen molar-refractivity contribution in [2.24, 2.45) is 23.2 Å². The molecule has 0 unspecified atom stereocenters. The third kappa shape index (κ3) is 6.96. The molecular formula is C23H40ClN3O5Si. The van der Waals surface area contributed by atoms with Crippen molar-refractivity contribution >= 4 is 31.3 Å². The Hall–Kier alpha value is -1.58. The molecule has 0 bridgehead atoms. The number of rotatable bonds is 10. The molecule has 0 radical (unpaired) electrons. The highest BCUT2D eigenvalue weighted by atomic mass is 35.5. The average Bonchev–Trinajstić information content (AvgIpc) is 2.69. The quantitative estimate of drug-likeness (QED) is 0.270. The fraction of sp³-hybridized carbons (Fsp3) is 0.783. The first-order valence-electron chi connectivity index (χ1n) is 11.6. The van der Waals surface area contributed by atoms with Gasteiger partial charge in [0.1, 0.15) is 17.3 Å². The number of carboxylic acids is 1. The molecule has 10 heteroatoms. The van der Waals surface area contributed by atoms with Gasteiger partial charge in [0.2, 0.25) is 0 Å². The van der Waals surface area contributed by atoms with Crippen LogP contribution in [-0.2, 0) is 16.1 Å². The summed E-state index contributed by atoms with van der Waals surface area (Å²) in [6, 6.07) is 1.05. The molecule has 0 aliphatic heterocycles.